The first-order chi connectivity index (χ1) is 12.1. The van der Waals surface area contributed by atoms with Gasteiger partial charge in [-0.1, -0.05) is 35.0 Å². The molecule has 0 aliphatic rings. The molecule has 25 heavy (non-hydrogen) atoms. The maximum Gasteiger partial charge on any atom is 0.257 e. The minimum atomic E-state index is -1.06. The predicted octanol–water partition coefficient (Wildman–Crippen LogP) is 2.34. The van der Waals surface area contributed by atoms with Gasteiger partial charge in [-0.2, -0.15) is 0 Å². The van der Waals surface area contributed by atoms with Gasteiger partial charge < -0.3 is 24.5 Å². The van der Waals surface area contributed by atoms with E-state index >= 15 is 0 Å². The molecule has 3 rings (SSSR count). The number of aromatic nitrogens is 1. The van der Waals surface area contributed by atoms with Crippen LogP contribution >= 0.6 is 11.6 Å². The fourth-order valence-electron chi connectivity index (χ4n) is 2.29. The first kappa shape index (κ1) is 17.2. The molecular weight excluding hydrogens is 348 g/mol. The van der Waals surface area contributed by atoms with Crippen molar-refractivity contribution in [3.8, 4) is 22.6 Å². The van der Waals surface area contributed by atoms with Gasteiger partial charge in [-0.05, 0) is 12.1 Å². The Hall–Kier alpha value is -2.61. The zero-order valence-corrected chi connectivity index (χ0v) is 13.7. The maximum absolute atomic E-state index is 12.7. The summed E-state index contributed by atoms with van der Waals surface area (Å²) in [4.78, 5) is 12.7. The van der Waals surface area contributed by atoms with Crippen LogP contribution in [0.15, 0.2) is 51.8 Å². The van der Waals surface area contributed by atoms with Crippen molar-refractivity contribution < 1.29 is 23.9 Å². The summed E-state index contributed by atoms with van der Waals surface area (Å²) in [5, 5.41) is 25.3. The first-order valence-corrected chi connectivity index (χ1v) is 7.84. The summed E-state index contributed by atoms with van der Waals surface area (Å²) in [7, 11) is 0. The summed E-state index contributed by atoms with van der Waals surface area (Å²) in [6.07, 6.45) is 1.81. The van der Waals surface area contributed by atoms with Gasteiger partial charge in [0, 0.05) is 12.1 Å². The predicted molar refractivity (Wildman–Crippen MR) is 90.1 cm³/mol. The standard InChI is InChI=1S/C17H15ClN2O5/c18-13-4-2-1-3-12(13)15-14(17(23)19-7-11(22)8-21)16(25-20-15)10-5-6-24-9-10/h1-6,9,11,21-22H,7-8H2,(H,19,23). The monoisotopic (exact) mass is 362 g/mol. The molecule has 130 valence electrons. The van der Waals surface area contributed by atoms with Gasteiger partial charge in [0.25, 0.3) is 5.91 Å². The second kappa shape index (κ2) is 7.52. The zero-order valence-electron chi connectivity index (χ0n) is 13.0. The Balaban J connectivity index is 2.05. The van der Waals surface area contributed by atoms with E-state index in [0.717, 1.165) is 0 Å². The molecule has 0 saturated carbocycles. The van der Waals surface area contributed by atoms with Crippen LogP contribution in [0.5, 0.6) is 0 Å². The minimum Gasteiger partial charge on any atom is -0.472 e. The molecular formula is C17H15ClN2O5. The molecule has 0 spiro atoms. The third-order valence-electron chi connectivity index (χ3n) is 3.54. The van der Waals surface area contributed by atoms with E-state index in [9.17, 15) is 9.90 Å². The van der Waals surface area contributed by atoms with Gasteiger partial charge in [0.15, 0.2) is 5.76 Å². The lowest BCUT2D eigenvalue weighted by atomic mass is 10.0. The third kappa shape index (κ3) is 3.58. The van der Waals surface area contributed by atoms with Crippen LogP contribution < -0.4 is 5.32 Å². The summed E-state index contributed by atoms with van der Waals surface area (Å²) in [5.74, 6) is -0.292. The van der Waals surface area contributed by atoms with Crippen LogP contribution in [0.4, 0.5) is 0 Å². The van der Waals surface area contributed by atoms with Crippen molar-refractivity contribution >= 4 is 17.5 Å². The van der Waals surface area contributed by atoms with Crippen LogP contribution in [-0.4, -0.2) is 40.5 Å². The Morgan fingerprint density at radius 2 is 2.12 bits per heavy atom. The molecule has 2 aromatic heterocycles. The number of furan rings is 1. The van der Waals surface area contributed by atoms with Crippen molar-refractivity contribution in [1.82, 2.24) is 10.5 Å². The van der Waals surface area contributed by atoms with E-state index in [-0.39, 0.29) is 23.6 Å². The van der Waals surface area contributed by atoms with Gasteiger partial charge in [-0.15, -0.1) is 0 Å². The molecule has 0 aliphatic heterocycles. The molecule has 1 atom stereocenters. The molecule has 0 saturated heterocycles. The van der Waals surface area contributed by atoms with Crippen molar-refractivity contribution in [2.24, 2.45) is 0 Å². The Bertz CT molecular complexity index is 860. The Morgan fingerprint density at radius 3 is 2.80 bits per heavy atom. The van der Waals surface area contributed by atoms with E-state index in [4.69, 9.17) is 25.6 Å². The normalized spacial score (nSPS) is 12.1. The molecule has 1 amide bonds. The second-order valence-corrected chi connectivity index (χ2v) is 5.68. The van der Waals surface area contributed by atoms with Crippen molar-refractivity contribution in [1.29, 1.82) is 0 Å². The molecule has 1 aromatic carbocycles. The highest BCUT2D eigenvalue weighted by Gasteiger charge is 2.27. The summed E-state index contributed by atoms with van der Waals surface area (Å²) in [6, 6.07) is 8.57. The molecule has 0 radical (unpaired) electrons. The number of nitrogens with zero attached hydrogens (tertiary/aromatic N) is 1. The molecule has 8 heteroatoms. The van der Waals surface area contributed by atoms with E-state index < -0.39 is 18.6 Å². The highest BCUT2D eigenvalue weighted by atomic mass is 35.5. The van der Waals surface area contributed by atoms with Crippen LogP contribution in [0, 0.1) is 0 Å². The first-order valence-electron chi connectivity index (χ1n) is 7.46. The Morgan fingerprint density at radius 1 is 1.32 bits per heavy atom. The molecule has 7 nitrogen and oxygen atoms in total. The number of carbonyl (C=O) groups excluding carboxylic acids is 1. The number of hydrogen-bond donors (Lipinski definition) is 3. The number of aliphatic hydroxyl groups is 2. The van der Waals surface area contributed by atoms with Gasteiger partial charge in [-0.25, -0.2) is 0 Å². The van der Waals surface area contributed by atoms with Gasteiger partial charge >= 0.3 is 0 Å². The molecule has 3 N–H and O–H groups in total. The lowest BCUT2D eigenvalue weighted by molar-refractivity contribution is 0.0802. The van der Waals surface area contributed by atoms with Gasteiger partial charge in [0.1, 0.15) is 17.5 Å². The van der Waals surface area contributed by atoms with Crippen molar-refractivity contribution in [2.45, 2.75) is 6.10 Å². The molecule has 0 aliphatic carbocycles. The minimum absolute atomic E-state index is 0.118. The highest BCUT2D eigenvalue weighted by molar-refractivity contribution is 6.33. The largest absolute Gasteiger partial charge is 0.472 e. The fraction of sp³-hybridized carbons (Fsp3) is 0.176. The van der Waals surface area contributed by atoms with Crippen molar-refractivity contribution in [3.05, 3.63) is 53.4 Å². The number of benzene rings is 1. The average Bonchev–Trinajstić information content (AvgIpc) is 3.28. The zero-order chi connectivity index (χ0) is 17.8. The van der Waals surface area contributed by atoms with Crippen LogP contribution in [0.3, 0.4) is 0 Å². The highest BCUT2D eigenvalue weighted by Crippen LogP contribution is 2.35. The number of hydrogen-bond acceptors (Lipinski definition) is 6. The summed E-state index contributed by atoms with van der Waals surface area (Å²) in [6.45, 7) is -0.580. The molecule has 3 aromatic rings. The lowest BCUT2D eigenvalue weighted by Crippen LogP contribution is -2.34. The van der Waals surface area contributed by atoms with Crippen LogP contribution in [0.25, 0.3) is 22.6 Å². The topological polar surface area (TPSA) is 109 Å². The third-order valence-corrected chi connectivity index (χ3v) is 3.87. The number of carbonyl (C=O) groups is 1. The van der Waals surface area contributed by atoms with Crippen molar-refractivity contribution in [3.63, 3.8) is 0 Å². The van der Waals surface area contributed by atoms with E-state index in [1.54, 1.807) is 30.3 Å². The van der Waals surface area contributed by atoms with Crippen LogP contribution in [-0.2, 0) is 0 Å². The number of halogens is 1. The Labute approximate surface area is 147 Å². The fourth-order valence-corrected chi connectivity index (χ4v) is 2.52. The van der Waals surface area contributed by atoms with E-state index in [0.29, 0.717) is 16.1 Å². The molecule has 2 heterocycles. The smallest absolute Gasteiger partial charge is 0.257 e. The van der Waals surface area contributed by atoms with Crippen LogP contribution in [0.2, 0.25) is 5.02 Å². The number of aliphatic hydroxyl groups excluding tert-OH is 2. The lowest BCUT2D eigenvalue weighted by Gasteiger charge is -2.10. The second-order valence-electron chi connectivity index (χ2n) is 5.27. The molecule has 0 fully saturated rings. The SMILES string of the molecule is O=C(NCC(O)CO)c1c(-c2ccccc2Cl)noc1-c1ccoc1. The number of rotatable bonds is 6. The van der Waals surface area contributed by atoms with E-state index in [1.807, 2.05) is 0 Å². The van der Waals surface area contributed by atoms with Gasteiger partial charge in [0.05, 0.1) is 29.6 Å². The quantitative estimate of drug-likeness (QED) is 0.621. The molecule has 0 bridgehead atoms. The van der Waals surface area contributed by atoms with Gasteiger partial charge in [0.2, 0.25) is 0 Å². The summed E-state index contributed by atoms with van der Waals surface area (Å²) < 4.78 is 10.4. The van der Waals surface area contributed by atoms with Crippen molar-refractivity contribution in [2.75, 3.05) is 13.2 Å². The molecule has 1 unspecified atom stereocenters. The van der Waals surface area contributed by atoms with Crippen LogP contribution in [0.1, 0.15) is 10.4 Å². The average molecular weight is 363 g/mol. The van der Waals surface area contributed by atoms with E-state index in [2.05, 4.69) is 10.5 Å². The van der Waals surface area contributed by atoms with E-state index in [1.165, 1.54) is 12.5 Å². The Kier molecular flexibility index (Phi) is 5.18. The summed E-state index contributed by atoms with van der Waals surface area (Å²) in [5.41, 5.74) is 1.52. The summed E-state index contributed by atoms with van der Waals surface area (Å²) >= 11 is 6.21. The van der Waals surface area contributed by atoms with Gasteiger partial charge in [-0.3, -0.25) is 4.79 Å². The number of nitrogens with one attached hydrogen (secondary N) is 1. The maximum atomic E-state index is 12.7. The number of amides is 1.